The van der Waals surface area contributed by atoms with E-state index in [0.717, 1.165) is 11.6 Å². The van der Waals surface area contributed by atoms with Gasteiger partial charge in [-0.25, -0.2) is 17.8 Å². The summed E-state index contributed by atoms with van der Waals surface area (Å²) in [6, 6.07) is 19.1. The Hall–Kier alpha value is -4.38. The van der Waals surface area contributed by atoms with E-state index in [-0.39, 0.29) is 10.6 Å². The first-order valence-electron chi connectivity index (χ1n) is 11.3. The Morgan fingerprint density at radius 3 is 2.68 bits per heavy atom. The van der Waals surface area contributed by atoms with Crippen molar-refractivity contribution in [2.24, 2.45) is 0 Å². The van der Waals surface area contributed by atoms with Crippen molar-refractivity contribution in [3.8, 4) is 17.0 Å². The van der Waals surface area contributed by atoms with Crippen LogP contribution < -0.4 is 15.5 Å². The summed E-state index contributed by atoms with van der Waals surface area (Å²) in [5.74, 6) is 0.0215. The number of hydrogen-bond donors (Lipinski definition) is 3. The molecule has 0 aliphatic rings. The summed E-state index contributed by atoms with van der Waals surface area (Å²) in [5, 5.41) is 17.9. The van der Waals surface area contributed by atoms with E-state index in [2.05, 4.69) is 20.1 Å². The maximum Gasteiger partial charge on any atom is 0.262 e. The number of para-hydroxylation sites is 1. The quantitative estimate of drug-likeness (QED) is 0.286. The molecule has 11 heteroatoms. The van der Waals surface area contributed by atoms with Crippen LogP contribution in [-0.2, 0) is 16.6 Å². The van der Waals surface area contributed by atoms with Crippen LogP contribution in [0.3, 0.4) is 0 Å². The van der Waals surface area contributed by atoms with Gasteiger partial charge in [-0.15, -0.1) is 0 Å². The van der Waals surface area contributed by atoms with Crippen molar-refractivity contribution in [2.75, 3.05) is 10.0 Å². The zero-order valence-corrected chi connectivity index (χ0v) is 20.5. The highest BCUT2D eigenvalue weighted by Crippen LogP contribution is 2.29. The Bertz CT molecular complexity index is 1740. The molecule has 37 heavy (non-hydrogen) atoms. The molecule has 0 saturated carbocycles. The highest BCUT2D eigenvalue weighted by atomic mass is 32.2. The number of benzene rings is 3. The molecule has 0 aliphatic carbocycles. The fraction of sp³-hybridized carbons (Fsp3) is 0.0769. The van der Waals surface area contributed by atoms with Gasteiger partial charge in [-0.2, -0.15) is 9.61 Å². The van der Waals surface area contributed by atoms with Crippen LogP contribution >= 0.6 is 0 Å². The molecule has 3 N–H and O–H groups in total. The zero-order chi connectivity index (χ0) is 26.2. The number of nitrogens with zero attached hydrogens (tertiary/aromatic N) is 3. The molecule has 5 rings (SSSR count). The van der Waals surface area contributed by atoms with Gasteiger partial charge in [-0.3, -0.25) is 4.72 Å². The van der Waals surface area contributed by atoms with Crippen LogP contribution in [0, 0.1) is 12.7 Å². The Morgan fingerprint density at radius 2 is 1.86 bits per heavy atom. The topological polar surface area (TPSA) is 109 Å². The molecular formula is C26H21BFN5O3S. The average molecular weight is 513 g/mol. The van der Waals surface area contributed by atoms with E-state index in [1.54, 1.807) is 60.0 Å². The van der Waals surface area contributed by atoms with Gasteiger partial charge < -0.3 is 10.4 Å². The molecule has 3 aromatic carbocycles. The molecule has 2 heterocycles. The molecule has 0 saturated heterocycles. The summed E-state index contributed by atoms with van der Waals surface area (Å²) in [7, 11) is 2.07. The number of aryl methyl sites for hydroxylation is 1. The number of aromatic nitrogens is 3. The van der Waals surface area contributed by atoms with Crippen LogP contribution in [0.4, 0.5) is 15.9 Å². The van der Waals surface area contributed by atoms with Crippen LogP contribution in [0.1, 0.15) is 11.1 Å². The van der Waals surface area contributed by atoms with Gasteiger partial charge in [0.05, 0.1) is 10.6 Å². The highest BCUT2D eigenvalue weighted by molar-refractivity contribution is 7.92. The Kier molecular flexibility index (Phi) is 6.30. The smallest absolute Gasteiger partial charge is 0.262 e. The first-order valence-corrected chi connectivity index (χ1v) is 12.7. The highest BCUT2D eigenvalue weighted by Gasteiger charge is 2.18. The third kappa shape index (κ3) is 4.98. The number of nitrogens with one attached hydrogen (secondary N) is 2. The van der Waals surface area contributed by atoms with Crippen LogP contribution in [0.2, 0.25) is 0 Å². The number of phenolic OH excluding ortho intramolecular Hbond substituents is 1. The summed E-state index contributed by atoms with van der Waals surface area (Å²) < 4.78 is 43.5. The third-order valence-corrected chi connectivity index (χ3v) is 7.29. The van der Waals surface area contributed by atoms with Gasteiger partial charge in [0.25, 0.3) is 10.0 Å². The number of halogens is 1. The minimum Gasteiger partial charge on any atom is -0.507 e. The van der Waals surface area contributed by atoms with Crippen molar-refractivity contribution in [1.29, 1.82) is 0 Å². The molecule has 184 valence electrons. The van der Waals surface area contributed by atoms with E-state index in [9.17, 15) is 17.9 Å². The fourth-order valence-corrected chi connectivity index (χ4v) is 5.25. The maximum absolute atomic E-state index is 13.7. The molecule has 0 spiro atoms. The van der Waals surface area contributed by atoms with Crippen molar-refractivity contribution in [3.05, 3.63) is 95.9 Å². The van der Waals surface area contributed by atoms with Crippen LogP contribution in [0.25, 0.3) is 16.9 Å². The van der Waals surface area contributed by atoms with Gasteiger partial charge in [0.1, 0.15) is 25.2 Å². The Labute approximate surface area is 214 Å². The molecule has 0 aliphatic heterocycles. The summed E-state index contributed by atoms with van der Waals surface area (Å²) in [6.07, 6.45) is 1.49. The second-order valence-electron chi connectivity index (χ2n) is 8.45. The number of rotatable bonds is 7. The molecular weight excluding hydrogens is 492 g/mol. The zero-order valence-electron chi connectivity index (χ0n) is 19.7. The predicted molar refractivity (Wildman–Crippen MR) is 141 cm³/mol. The lowest BCUT2D eigenvalue weighted by Gasteiger charge is -2.14. The molecule has 5 aromatic rings. The summed E-state index contributed by atoms with van der Waals surface area (Å²) in [5.41, 5.74) is 3.39. The van der Waals surface area contributed by atoms with E-state index in [1.807, 2.05) is 6.07 Å². The number of sulfonamides is 1. The van der Waals surface area contributed by atoms with Gasteiger partial charge >= 0.3 is 0 Å². The molecule has 8 nitrogen and oxygen atoms in total. The molecule has 0 atom stereocenters. The Morgan fingerprint density at radius 1 is 1.05 bits per heavy atom. The van der Waals surface area contributed by atoms with E-state index in [1.165, 1.54) is 18.3 Å². The standard InChI is InChI=1S/C26H21BFN5O3S/c1-16-9-10-18(28)12-24(16)37(35,36)32-19-6-4-5-17(11-19)14-29-25-13-22(20-7-2-3-8-23(20)34)31-26-21(27)15-30-33(25)26/h2-13,15,29,32,34H,14H2,1H3. The SMILES string of the molecule is [B]c1cnn2c(NCc3cccc(NS(=O)(=O)c4cc(F)ccc4C)c3)cc(-c3ccccc3O)nc12. The number of hydrogen-bond acceptors (Lipinski definition) is 6. The van der Waals surface area contributed by atoms with Crippen LogP contribution in [0.15, 0.2) is 83.9 Å². The minimum absolute atomic E-state index is 0.0805. The monoisotopic (exact) mass is 513 g/mol. The lowest BCUT2D eigenvalue weighted by Crippen LogP contribution is -2.15. The molecule has 2 aromatic heterocycles. The maximum atomic E-state index is 13.7. The van der Waals surface area contributed by atoms with E-state index >= 15 is 0 Å². The van der Waals surface area contributed by atoms with Crippen molar-refractivity contribution in [1.82, 2.24) is 14.6 Å². The van der Waals surface area contributed by atoms with Gasteiger partial charge in [-0.1, -0.05) is 30.3 Å². The number of aromatic hydroxyl groups is 1. The lowest BCUT2D eigenvalue weighted by atomic mass is 10.0. The summed E-state index contributed by atoms with van der Waals surface area (Å²) >= 11 is 0. The Balaban J connectivity index is 1.42. The van der Waals surface area contributed by atoms with Crippen molar-refractivity contribution in [3.63, 3.8) is 0 Å². The van der Waals surface area contributed by atoms with Crippen LogP contribution in [0.5, 0.6) is 5.75 Å². The fourth-order valence-electron chi connectivity index (χ4n) is 3.94. The predicted octanol–water partition coefficient (Wildman–Crippen LogP) is 3.76. The minimum atomic E-state index is -3.99. The first-order chi connectivity index (χ1) is 17.7. The number of phenols is 1. The van der Waals surface area contributed by atoms with Crippen LogP contribution in [-0.4, -0.2) is 36.0 Å². The van der Waals surface area contributed by atoms with Gasteiger partial charge in [0.2, 0.25) is 0 Å². The first kappa shape index (κ1) is 24.3. The van der Waals surface area contributed by atoms with Gasteiger partial charge in [-0.05, 0) is 59.9 Å². The second-order valence-corrected chi connectivity index (χ2v) is 10.1. The second kappa shape index (κ2) is 9.59. The molecule has 2 radical (unpaired) electrons. The number of fused-ring (bicyclic) bond motifs is 1. The summed E-state index contributed by atoms with van der Waals surface area (Å²) in [4.78, 5) is 4.43. The average Bonchev–Trinajstić information content (AvgIpc) is 3.25. The number of anilines is 2. The normalized spacial score (nSPS) is 11.5. The van der Waals surface area contributed by atoms with E-state index < -0.39 is 15.8 Å². The van der Waals surface area contributed by atoms with E-state index in [4.69, 9.17) is 7.85 Å². The third-order valence-electron chi connectivity index (χ3n) is 5.77. The largest absolute Gasteiger partial charge is 0.507 e. The molecule has 0 amide bonds. The molecule has 0 fully saturated rings. The van der Waals surface area contributed by atoms with Crippen molar-refractivity contribution < 1.29 is 17.9 Å². The van der Waals surface area contributed by atoms with Gasteiger partial charge in [0.15, 0.2) is 5.65 Å². The van der Waals surface area contributed by atoms with Crippen molar-refractivity contribution in [2.45, 2.75) is 18.4 Å². The van der Waals surface area contributed by atoms with E-state index in [0.29, 0.717) is 46.0 Å². The lowest BCUT2D eigenvalue weighted by molar-refractivity contribution is 0.477. The molecule has 0 bridgehead atoms. The summed E-state index contributed by atoms with van der Waals surface area (Å²) in [6.45, 7) is 1.92. The molecule has 0 unspecified atom stereocenters. The van der Waals surface area contributed by atoms with Gasteiger partial charge in [0, 0.05) is 30.1 Å². The van der Waals surface area contributed by atoms with Crippen molar-refractivity contribution >= 4 is 40.5 Å².